The summed E-state index contributed by atoms with van der Waals surface area (Å²) in [6, 6.07) is 9.26. The molecule has 28 heavy (non-hydrogen) atoms. The normalized spacial score (nSPS) is 19.0. The highest BCUT2D eigenvalue weighted by atomic mass is 16.5. The second kappa shape index (κ2) is 7.09. The van der Waals surface area contributed by atoms with Gasteiger partial charge in [-0.05, 0) is 26.1 Å². The Balaban J connectivity index is 1.72. The van der Waals surface area contributed by atoms with Crippen molar-refractivity contribution in [2.24, 2.45) is 7.05 Å². The lowest BCUT2D eigenvalue weighted by atomic mass is 9.90. The largest absolute Gasteiger partial charge is 0.485 e. The maximum absolute atomic E-state index is 13.3. The average Bonchev–Trinajstić information content (AvgIpc) is 2.82. The Kier molecular flexibility index (Phi) is 4.75. The molecule has 1 aromatic heterocycles. The van der Waals surface area contributed by atoms with E-state index in [-0.39, 0.29) is 17.1 Å². The van der Waals surface area contributed by atoms with Crippen molar-refractivity contribution in [1.29, 1.82) is 0 Å². The number of nitrogens with zero attached hydrogens (tertiary/aromatic N) is 3. The Bertz CT molecular complexity index is 958. The van der Waals surface area contributed by atoms with Gasteiger partial charge in [-0.25, -0.2) is 0 Å². The summed E-state index contributed by atoms with van der Waals surface area (Å²) < 4.78 is 8.02. The molecule has 0 radical (unpaired) electrons. The van der Waals surface area contributed by atoms with Crippen LogP contribution >= 0.6 is 0 Å². The second-order valence-corrected chi connectivity index (χ2v) is 8.23. The van der Waals surface area contributed by atoms with Gasteiger partial charge in [0.25, 0.3) is 5.91 Å². The maximum Gasteiger partial charge on any atom is 0.255 e. The zero-order valence-corrected chi connectivity index (χ0v) is 16.8. The monoisotopic (exact) mass is 381 g/mol. The van der Waals surface area contributed by atoms with Crippen LogP contribution in [0.1, 0.15) is 34.3 Å². The van der Waals surface area contributed by atoms with E-state index in [1.165, 1.54) is 10.6 Å². The first-order chi connectivity index (χ1) is 13.3. The van der Waals surface area contributed by atoms with Crippen LogP contribution in [0.5, 0.6) is 5.75 Å². The van der Waals surface area contributed by atoms with Crippen molar-refractivity contribution in [2.75, 3.05) is 26.7 Å². The molecule has 1 aromatic carbocycles. The van der Waals surface area contributed by atoms with E-state index < -0.39 is 0 Å². The zero-order valence-electron chi connectivity index (χ0n) is 16.8. The minimum absolute atomic E-state index is 0.0631. The Morgan fingerprint density at radius 1 is 1.11 bits per heavy atom. The molecule has 0 N–H and O–H groups in total. The van der Waals surface area contributed by atoms with Gasteiger partial charge in [-0.15, -0.1) is 0 Å². The van der Waals surface area contributed by atoms with E-state index in [1.807, 2.05) is 11.0 Å². The lowest BCUT2D eigenvalue weighted by Crippen LogP contribution is -2.53. The second-order valence-electron chi connectivity index (χ2n) is 8.23. The highest BCUT2D eigenvalue weighted by Gasteiger charge is 2.41. The molecular formula is C22H27N3O3. The molecule has 0 bridgehead atoms. The molecular weight excluding hydrogens is 354 g/mol. The fourth-order valence-corrected chi connectivity index (χ4v) is 4.14. The summed E-state index contributed by atoms with van der Waals surface area (Å²) >= 11 is 0. The molecule has 3 heterocycles. The Morgan fingerprint density at radius 2 is 1.86 bits per heavy atom. The molecule has 1 spiro atoms. The zero-order chi connectivity index (χ0) is 19.9. The standard InChI is InChI=1S/C22H27N3O3/c1-16-4-6-19-18(12-16)14-25(15-22(28-19)8-10-23(2)11-9-22)21(27)17-5-7-20(26)24(3)13-17/h4-7,12-13H,8-11,14-15H2,1-3H3. The summed E-state index contributed by atoms with van der Waals surface area (Å²) in [6.07, 6.45) is 3.39. The van der Waals surface area contributed by atoms with Crippen LogP contribution in [0, 0.1) is 6.92 Å². The first-order valence-corrected chi connectivity index (χ1v) is 9.78. The van der Waals surface area contributed by atoms with Crippen molar-refractivity contribution in [3.05, 3.63) is 63.6 Å². The van der Waals surface area contributed by atoms with E-state index in [4.69, 9.17) is 4.74 Å². The predicted molar refractivity (Wildman–Crippen MR) is 108 cm³/mol. The van der Waals surface area contributed by atoms with Crippen LogP contribution in [0.15, 0.2) is 41.3 Å². The van der Waals surface area contributed by atoms with Gasteiger partial charge in [-0.3, -0.25) is 9.59 Å². The van der Waals surface area contributed by atoms with E-state index in [0.717, 1.165) is 42.8 Å². The Hall–Kier alpha value is -2.60. The lowest BCUT2D eigenvalue weighted by Gasteiger charge is -2.41. The predicted octanol–water partition coefficient (Wildman–Crippen LogP) is 2.19. The number of fused-ring (bicyclic) bond motifs is 1. The number of likely N-dealkylation sites (tertiary alicyclic amines) is 1. The summed E-state index contributed by atoms with van der Waals surface area (Å²) in [5, 5.41) is 0. The number of ether oxygens (including phenoxy) is 1. The van der Waals surface area contributed by atoms with Gasteiger partial charge in [0.1, 0.15) is 11.4 Å². The van der Waals surface area contributed by atoms with Crippen molar-refractivity contribution in [2.45, 2.75) is 31.9 Å². The Morgan fingerprint density at radius 3 is 2.57 bits per heavy atom. The van der Waals surface area contributed by atoms with Crippen LogP contribution in [0.25, 0.3) is 0 Å². The third-order valence-corrected chi connectivity index (χ3v) is 5.90. The highest BCUT2D eigenvalue weighted by molar-refractivity contribution is 5.94. The number of pyridine rings is 1. The van der Waals surface area contributed by atoms with Gasteiger partial charge in [0.05, 0.1) is 12.1 Å². The van der Waals surface area contributed by atoms with E-state index in [9.17, 15) is 9.59 Å². The molecule has 2 aliphatic heterocycles. The third kappa shape index (κ3) is 3.56. The molecule has 0 saturated carbocycles. The van der Waals surface area contributed by atoms with Crippen molar-refractivity contribution >= 4 is 5.91 Å². The number of aryl methyl sites for hydroxylation is 2. The van der Waals surface area contributed by atoms with Crippen molar-refractivity contribution in [1.82, 2.24) is 14.4 Å². The number of hydrogen-bond donors (Lipinski definition) is 0. The third-order valence-electron chi connectivity index (χ3n) is 5.90. The van der Waals surface area contributed by atoms with Gasteiger partial charge in [0.2, 0.25) is 5.56 Å². The average molecular weight is 381 g/mol. The molecule has 0 aliphatic carbocycles. The van der Waals surface area contributed by atoms with Crippen LogP contribution in [0.3, 0.4) is 0 Å². The number of aromatic nitrogens is 1. The summed E-state index contributed by atoms with van der Waals surface area (Å²) in [6.45, 7) is 5.01. The fourth-order valence-electron chi connectivity index (χ4n) is 4.14. The topological polar surface area (TPSA) is 54.8 Å². The molecule has 4 rings (SSSR count). The summed E-state index contributed by atoms with van der Waals surface area (Å²) in [7, 11) is 3.79. The molecule has 1 saturated heterocycles. The van der Waals surface area contributed by atoms with Crippen molar-refractivity contribution in [3.63, 3.8) is 0 Å². The number of carbonyl (C=O) groups is 1. The molecule has 1 amide bonds. The smallest absolute Gasteiger partial charge is 0.255 e. The minimum Gasteiger partial charge on any atom is -0.485 e. The van der Waals surface area contributed by atoms with E-state index in [2.05, 4.69) is 31.0 Å². The van der Waals surface area contributed by atoms with Crippen LogP contribution in [-0.4, -0.2) is 52.6 Å². The number of carbonyl (C=O) groups excluding carboxylic acids is 1. The van der Waals surface area contributed by atoms with Gasteiger partial charge >= 0.3 is 0 Å². The number of hydrogen-bond acceptors (Lipinski definition) is 4. The fraction of sp³-hybridized carbons (Fsp3) is 0.455. The van der Waals surface area contributed by atoms with Gasteiger partial charge in [-0.2, -0.15) is 0 Å². The molecule has 2 aromatic rings. The van der Waals surface area contributed by atoms with Gasteiger partial charge in [0.15, 0.2) is 0 Å². The molecule has 0 atom stereocenters. The quantitative estimate of drug-likeness (QED) is 0.760. The SMILES string of the molecule is Cc1ccc2c(c1)CN(C(=O)c1ccc(=O)n(C)c1)CC1(CCN(C)CC1)O2. The van der Waals surface area contributed by atoms with E-state index in [1.54, 1.807) is 19.3 Å². The van der Waals surface area contributed by atoms with Gasteiger partial charge < -0.3 is 19.1 Å². The molecule has 6 heteroatoms. The first kappa shape index (κ1) is 18.7. The number of amides is 1. The summed E-state index contributed by atoms with van der Waals surface area (Å²) in [5.74, 6) is 0.817. The number of rotatable bonds is 1. The van der Waals surface area contributed by atoms with Crippen LogP contribution in [-0.2, 0) is 13.6 Å². The van der Waals surface area contributed by atoms with Crippen LogP contribution in [0.4, 0.5) is 0 Å². The van der Waals surface area contributed by atoms with Crippen molar-refractivity contribution in [3.8, 4) is 5.75 Å². The summed E-state index contributed by atoms with van der Waals surface area (Å²) in [4.78, 5) is 29.2. The first-order valence-electron chi connectivity index (χ1n) is 9.78. The maximum atomic E-state index is 13.3. The molecule has 148 valence electrons. The van der Waals surface area contributed by atoms with Crippen LogP contribution in [0.2, 0.25) is 0 Å². The molecule has 1 fully saturated rings. The van der Waals surface area contributed by atoms with E-state index in [0.29, 0.717) is 18.7 Å². The van der Waals surface area contributed by atoms with Crippen LogP contribution < -0.4 is 10.3 Å². The molecule has 6 nitrogen and oxygen atoms in total. The highest BCUT2D eigenvalue weighted by Crippen LogP contribution is 2.36. The minimum atomic E-state index is -0.372. The van der Waals surface area contributed by atoms with Gasteiger partial charge in [0, 0.05) is 57.4 Å². The van der Waals surface area contributed by atoms with E-state index >= 15 is 0 Å². The van der Waals surface area contributed by atoms with Gasteiger partial charge in [-0.1, -0.05) is 17.7 Å². The van der Waals surface area contributed by atoms with Crippen molar-refractivity contribution < 1.29 is 9.53 Å². The molecule has 0 unspecified atom stereocenters. The number of piperidine rings is 1. The Labute approximate surface area is 165 Å². The molecule has 2 aliphatic rings. The summed E-state index contributed by atoms with van der Waals surface area (Å²) in [5.41, 5.74) is 2.22. The lowest BCUT2D eigenvalue weighted by molar-refractivity contribution is -0.0103. The number of benzene rings is 1.